The minimum absolute atomic E-state index is 0.0738. The van der Waals surface area contributed by atoms with E-state index >= 15 is 0 Å². The number of amides is 1. The molecule has 1 atom stereocenters. The van der Waals surface area contributed by atoms with Crippen LogP contribution in [0.1, 0.15) is 44.9 Å². The van der Waals surface area contributed by atoms with Crippen LogP contribution in [0.15, 0.2) is 0 Å². The summed E-state index contributed by atoms with van der Waals surface area (Å²) in [7, 11) is 0. The van der Waals surface area contributed by atoms with Crippen LogP contribution >= 0.6 is 11.8 Å². The SMILES string of the molecule is CSCC(=O)[C@H](CCCCN)NC(=O)C1CCCC1. The zero-order valence-electron chi connectivity index (χ0n) is 11.8. The van der Waals surface area contributed by atoms with Crippen LogP contribution in [0.2, 0.25) is 0 Å². The predicted molar refractivity (Wildman–Crippen MR) is 80.2 cm³/mol. The minimum atomic E-state index is -0.313. The van der Waals surface area contributed by atoms with Gasteiger partial charge in [-0.1, -0.05) is 12.8 Å². The van der Waals surface area contributed by atoms with Crippen molar-refractivity contribution >= 4 is 23.5 Å². The zero-order chi connectivity index (χ0) is 14.1. The number of thioether (sulfide) groups is 1. The van der Waals surface area contributed by atoms with Crippen LogP contribution < -0.4 is 11.1 Å². The monoisotopic (exact) mass is 286 g/mol. The Morgan fingerprint density at radius 2 is 2.00 bits per heavy atom. The summed E-state index contributed by atoms with van der Waals surface area (Å²) in [5, 5.41) is 2.96. The summed E-state index contributed by atoms with van der Waals surface area (Å²) in [4.78, 5) is 24.1. The molecule has 0 aliphatic heterocycles. The van der Waals surface area contributed by atoms with Gasteiger partial charge in [0.1, 0.15) is 0 Å². The first-order chi connectivity index (χ1) is 9.19. The number of ketones is 1. The first-order valence-electron chi connectivity index (χ1n) is 7.21. The average molecular weight is 286 g/mol. The summed E-state index contributed by atoms with van der Waals surface area (Å²) >= 11 is 1.51. The van der Waals surface area contributed by atoms with Crippen molar-refractivity contribution in [2.75, 3.05) is 18.6 Å². The van der Waals surface area contributed by atoms with Crippen molar-refractivity contribution in [1.29, 1.82) is 0 Å². The van der Waals surface area contributed by atoms with Crippen LogP contribution in [-0.4, -0.2) is 36.3 Å². The lowest BCUT2D eigenvalue weighted by Crippen LogP contribution is -2.44. The van der Waals surface area contributed by atoms with Crippen LogP contribution in [-0.2, 0) is 9.59 Å². The molecule has 0 aromatic rings. The summed E-state index contributed by atoms with van der Waals surface area (Å²) in [6.07, 6.45) is 8.64. The molecule has 0 radical (unpaired) electrons. The number of nitrogens with two attached hydrogens (primary N) is 1. The Labute approximate surface area is 120 Å². The number of Topliss-reactive ketones (excluding diaryl/α,β-unsaturated/α-hetero) is 1. The molecule has 1 fully saturated rings. The van der Waals surface area contributed by atoms with Crippen molar-refractivity contribution in [3.05, 3.63) is 0 Å². The van der Waals surface area contributed by atoms with Crippen molar-refractivity contribution in [2.24, 2.45) is 11.7 Å². The highest BCUT2D eigenvalue weighted by atomic mass is 32.2. The Morgan fingerprint density at radius 3 is 2.58 bits per heavy atom. The highest BCUT2D eigenvalue weighted by Crippen LogP contribution is 2.25. The number of nitrogens with one attached hydrogen (secondary N) is 1. The number of unbranched alkanes of at least 4 members (excludes halogenated alkanes) is 1. The minimum Gasteiger partial charge on any atom is -0.346 e. The van der Waals surface area contributed by atoms with E-state index in [9.17, 15) is 9.59 Å². The van der Waals surface area contributed by atoms with Gasteiger partial charge >= 0.3 is 0 Å². The largest absolute Gasteiger partial charge is 0.346 e. The molecule has 3 N–H and O–H groups in total. The van der Waals surface area contributed by atoms with E-state index in [4.69, 9.17) is 5.73 Å². The second-order valence-corrected chi connectivity index (χ2v) is 6.09. The molecule has 1 rings (SSSR count). The fourth-order valence-electron chi connectivity index (χ4n) is 2.53. The highest BCUT2D eigenvalue weighted by molar-refractivity contribution is 7.99. The molecular weight excluding hydrogens is 260 g/mol. The molecule has 19 heavy (non-hydrogen) atoms. The van der Waals surface area contributed by atoms with Gasteiger partial charge in [0.25, 0.3) is 0 Å². The maximum Gasteiger partial charge on any atom is 0.223 e. The number of carbonyl (C=O) groups is 2. The second kappa shape index (κ2) is 9.37. The lowest BCUT2D eigenvalue weighted by molar-refractivity contribution is -0.129. The Hall–Kier alpha value is -0.550. The summed E-state index contributed by atoms with van der Waals surface area (Å²) in [5.41, 5.74) is 5.47. The normalized spacial score (nSPS) is 17.4. The molecule has 5 heteroatoms. The third-order valence-electron chi connectivity index (χ3n) is 3.66. The summed E-state index contributed by atoms with van der Waals surface area (Å²) < 4.78 is 0. The summed E-state index contributed by atoms with van der Waals surface area (Å²) in [6, 6.07) is -0.313. The molecule has 0 saturated heterocycles. The van der Waals surface area contributed by atoms with Crippen LogP contribution in [0.4, 0.5) is 0 Å². The third kappa shape index (κ3) is 5.95. The van der Waals surface area contributed by atoms with E-state index in [1.165, 1.54) is 11.8 Å². The zero-order valence-corrected chi connectivity index (χ0v) is 12.6. The molecule has 0 aromatic carbocycles. The van der Waals surface area contributed by atoms with Crippen LogP contribution in [0.3, 0.4) is 0 Å². The van der Waals surface area contributed by atoms with Gasteiger partial charge in [-0.05, 0) is 44.9 Å². The Bertz CT molecular complexity index is 291. The molecule has 1 aliphatic rings. The molecule has 4 nitrogen and oxygen atoms in total. The number of carbonyl (C=O) groups excluding carboxylic acids is 2. The smallest absolute Gasteiger partial charge is 0.223 e. The molecule has 0 aromatic heterocycles. The first-order valence-corrected chi connectivity index (χ1v) is 8.60. The van der Waals surface area contributed by atoms with E-state index in [1.54, 1.807) is 0 Å². The van der Waals surface area contributed by atoms with Crippen molar-refractivity contribution in [3.8, 4) is 0 Å². The number of hydrogen-bond acceptors (Lipinski definition) is 4. The van der Waals surface area contributed by atoms with Crippen LogP contribution in [0.5, 0.6) is 0 Å². The van der Waals surface area contributed by atoms with Gasteiger partial charge in [0.2, 0.25) is 5.91 Å². The molecule has 1 amide bonds. The van der Waals surface area contributed by atoms with E-state index in [0.29, 0.717) is 12.3 Å². The van der Waals surface area contributed by atoms with Crippen molar-refractivity contribution < 1.29 is 9.59 Å². The molecule has 0 spiro atoms. The molecule has 0 unspecified atom stereocenters. The number of hydrogen-bond donors (Lipinski definition) is 2. The molecule has 0 bridgehead atoms. The second-order valence-electron chi connectivity index (χ2n) is 5.23. The van der Waals surface area contributed by atoms with E-state index in [2.05, 4.69) is 5.32 Å². The Kier molecular flexibility index (Phi) is 8.14. The molecule has 110 valence electrons. The lowest BCUT2D eigenvalue weighted by Gasteiger charge is -2.19. The van der Waals surface area contributed by atoms with E-state index in [-0.39, 0.29) is 23.7 Å². The fourth-order valence-corrected chi connectivity index (χ4v) is 3.01. The van der Waals surface area contributed by atoms with Gasteiger partial charge in [-0.15, -0.1) is 0 Å². The van der Waals surface area contributed by atoms with Crippen molar-refractivity contribution in [1.82, 2.24) is 5.32 Å². The standard InChI is InChI=1S/C14H26N2O2S/c1-19-10-13(17)12(8-4-5-9-15)16-14(18)11-6-2-3-7-11/h11-12H,2-10,15H2,1H3,(H,16,18)/t12-/m0/s1. The highest BCUT2D eigenvalue weighted by Gasteiger charge is 2.26. The average Bonchev–Trinajstić information content (AvgIpc) is 2.92. The van der Waals surface area contributed by atoms with E-state index in [1.807, 2.05) is 6.26 Å². The van der Waals surface area contributed by atoms with Crippen molar-refractivity contribution in [3.63, 3.8) is 0 Å². The third-order valence-corrected chi connectivity index (χ3v) is 4.24. The lowest BCUT2D eigenvalue weighted by atomic mass is 10.0. The van der Waals surface area contributed by atoms with E-state index < -0.39 is 0 Å². The maximum atomic E-state index is 12.1. The summed E-state index contributed by atoms with van der Waals surface area (Å²) in [5.74, 6) is 0.803. The number of rotatable bonds is 9. The summed E-state index contributed by atoms with van der Waals surface area (Å²) in [6.45, 7) is 0.639. The molecule has 1 saturated carbocycles. The van der Waals surface area contributed by atoms with Crippen LogP contribution in [0, 0.1) is 5.92 Å². The quantitative estimate of drug-likeness (QED) is 0.633. The molecule has 1 aliphatic carbocycles. The topological polar surface area (TPSA) is 72.2 Å². The van der Waals surface area contributed by atoms with Gasteiger partial charge in [-0.3, -0.25) is 9.59 Å². The van der Waals surface area contributed by atoms with Gasteiger partial charge < -0.3 is 11.1 Å². The van der Waals surface area contributed by atoms with Crippen molar-refractivity contribution in [2.45, 2.75) is 51.0 Å². The van der Waals surface area contributed by atoms with Gasteiger partial charge in [0, 0.05) is 5.92 Å². The predicted octanol–water partition coefficient (Wildman–Crippen LogP) is 1.72. The Morgan fingerprint density at radius 1 is 1.32 bits per heavy atom. The van der Waals surface area contributed by atoms with Gasteiger partial charge in [-0.25, -0.2) is 0 Å². The van der Waals surface area contributed by atoms with Crippen LogP contribution in [0.25, 0.3) is 0 Å². The van der Waals surface area contributed by atoms with E-state index in [0.717, 1.165) is 44.9 Å². The first kappa shape index (κ1) is 16.5. The molecule has 0 heterocycles. The van der Waals surface area contributed by atoms with Gasteiger partial charge in [0.15, 0.2) is 5.78 Å². The van der Waals surface area contributed by atoms with Gasteiger partial charge in [0.05, 0.1) is 11.8 Å². The van der Waals surface area contributed by atoms with Gasteiger partial charge in [-0.2, -0.15) is 11.8 Å². The molecular formula is C14H26N2O2S. The maximum absolute atomic E-state index is 12.1. The fraction of sp³-hybridized carbons (Fsp3) is 0.857. The Balaban J connectivity index is 2.46.